The lowest BCUT2D eigenvalue weighted by Gasteiger charge is -2.10. The first-order valence-electron chi connectivity index (χ1n) is 6.93. The lowest BCUT2D eigenvalue weighted by molar-refractivity contribution is 0.0940. The van der Waals surface area contributed by atoms with E-state index in [4.69, 9.17) is 0 Å². The van der Waals surface area contributed by atoms with E-state index in [2.05, 4.69) is 10.3 Å². The number of rotatable bonds is 3. The van der Waals surface area contributed by atoms with Crippen LogP contribution in [0.25, 0.3) is 11.0 Å². The van der Waals surface area contributed by atoms with Crippen molar-refractivity contribution >= 4 is 16.9 Å². The van der Waals surface area contributed by atoms with Crippen LogP contribution in [-0.4, -0.2) is 25.9 Å². The topological polar surface area (TPSA) is 104 Å². The molecule has 0 aliphatic carbocycles. The molecule has 0 atom stereocenters. The number of fused-ring (bicyclic) bond motifs is 1. The molecular formula is C16H12FN3O4. The predicted molar refractivity (Wildman–Crippen MR) is 82.4 cm³/mol. The number of aromatic nitrogens is 2. The molecule has 0 fully saturated rings. The molecule has 3 rings (SSSR count). The number of amides is 1. The third-order valence-corrected chi connectivity index (χ3v) is 3.48. The Kier molecular flexibility index (Phi) is 3.87. The highest BCUT2D eigenvalue weighted by Crippen LogP contribution is 2.24. The molecule has 0 aliphatic rings. The number of nitrogens with zero attached hydrogens (tertiary/aromatic N) is 2. The molecular weight excluding hydrogens is 317 g/mol. The van der Waals surface area contributed by atoms with Gasteiger partial charge < -0.3 is 15.6 Å². The maximum atomic E-state index is 12.9. The van der Waals surface area contributed by atoms with Gasteiger partial charge in [0, 0.05) is 12.7 Å². The van der Waals surface area contributed by atoms with E-state index >= 15 is 0 Å². The summed E-state index contributed by atoms with van der Waals surface area (Å²) in [6, 6.07) is 8.34. The Labute approximate surface area is 134 Å². The minimum atomic E-state index is -1.09. The molecule has 0 radical (unpaired) electrons. The summed E-state index contributed by atoms with van der Waals surface area (Å²) >= 11 is 0. The Morgan fingerprint density at radius 3 is 2.67 bits per heavy atom. The highest BCUT2D eigenvalue weighted by Gasteiger charge is 2.22. The molecule has 0 unspecified atom stereocenters. The number of aromatic hydroxyl groups is 1. The molecule has 0 saturated carbocycles. The van der Waals surface area contributed by atoms with E-state index in [9.17, 15) is 24.3 Å². The fraction of sp³-hybridized carbons (Fsp3) is 0.0625. The van der Waals surface area contributed by atoms with Gasteiger partial charge in [-0.05, 0) is 29.8 Å². The minimum Gasteiger partial charge on any atom is -0.506 e. The number of halogens is 1. The average Bonchev–Trinajstić information content (AvgIpc) is 2.59. The van der Waals surface area contributed by atoms with E-state index in [0.717, 1.165) is 0 Å². The van der Waals surface area contributed by atoms with Crippen molar-refractivity contribution in [3.8, 4) is 5.75 Å². The van der Waals surface area contributed by atoms with Crippen LogP contribution in [0.5, 0.6) is 5.75 Å². The van der Waals surface area contributed by atoms with Gasteiger partial charge in [-0.1, -0.05) is 12.1 Å². The highest BCUT2D eigenvalue weighted by molar-refractivity contribution is 6.01. The summed E-state index contributed by atoms with van der Waals surface area (Å²) in [5.41, 5.74) is -1.23. The summed E-state index contributed by atoms with van der Waals surface area (Å²) in [6.07, 6.45) is 1.34. The summed E-state index contributed by atoms with van der Waals surface area (Å²) in [6.45, 7) is 0.0223. The first kappa shape index (κ1) is 15.5. The van der Waals surface area contributed by atoms with Gasteiger partial charge in [-0.2, -0.15) is 0 Å². The van der Waals surface area contributed by atoms with Crippen molar-refractivity contribution in [2.75, 3.05) is 0 Å². The lowest BCUT2D eigenvalue weighted by atomic mass is 10.1. The fourth-order valence-corrected chi connectivity index (χ4v) is 2.27. The van der Waals surface area contributed by atoms with E-state index in [1.54, 1.807) is 0 Å². The number of hydrogen-bond donors (Lipinski definition) is 3. The molecule has 0 saturated heterocycles. The van der Waals surface area contributed by atoms with Crippen LogP contribution in [0.4, 0.5) is 4.39 Å². The van der Waals surface area contributed by atoms with Crippen LogP contribution in [0.3, 0.4) is 0 Å². The maximum Gasteiger partial charge on any atom is 0.301 e. The Balaban J connectivity index is 1.95. The first-order chi connectivity index (χ1) is 11.5. The maximum absolute atomic E-state index is 12.9. The molecule has 7 nitrogen and oxygen atoms in total. The highest BCUT2D eigenvalue weighted by atomic mass is 19.1. The van der Waals surface area contributed by atoms with Gasteiger partial charge in [0.1, 0.15) is 11.6 Å². The molecule has 2 heterocycles. The first-order valence-corrected chi connectivity index (χ1v) is 6.93. The van der Waals surface area contributed by atoms with Gasteiger partial charge in [0.15, 0.2) is 11.2 Å². The Hall–Kier alpha value is -3.42. The van der Waals surface area contributed by atoms with Crippen molar-refractivity contribution in [1.82, 2.24) is 15.0 Å². The van der Waals surface area contributed by atoms with Crippen LogP contribution < -0.4 is 10.9 Å². The molecule has 0 spiro atoms. The van der Waals surface area contributed by atoms with E-state index in [1.165, 1.54) is 42.6 Å². The normalized spacial score (nSPS) is 10.7. The SMILES string of the molecule is O=C(NCc1ccc(F)cc1)c1c(O)c2cccnc2n(O)c1=O. The van der Waals surface area contributed by atoms with Gasteiger partial charge in [0.25, 0.3) is 5.91 Å². The molecule has 8 heteroatoms. The van der Waals surface area contributed by atoms with Gasteiger partial charge >= 0.3 is 5.56 Å². The number of hydrogen-bond acceptors (Lipinski definition) is 5. The number of benzene rings is 1. The molecule has 1 aromatic carbocycles. The van der Waals surface area contributed by atoms with Gasteiger partial charge in [-0.3, -0.25) is 9.59 Å². The molecule has 122 valence electrons. The summed E-state index contributed by atoms with van der Waals surface area (Å²) in [4.78, 5) is 28.1. The second kappa shape index (κ2) is 5.99. The van der Waals surface area contributed by atoms with Crippen LogP contribution in [-0.2, 0) is 6.54 Å². The van der Waals surface area contributed by atoms with Crippen molar-refractivity contribution < 1.29 is 19.5 Å². The number of carbonyl (C=O) groups is 1. The van der Waals surface area contributed by atoms with Gasteiger partial charge in [-0.15, -0.1) is 4.73 Å². The van der Waals surface area contributed by atoms with Gasteiger partial charge in [0.2, 0.25) is 0 Å². The number of carbonyl (C=O) groups excluding carboxylic acids is 1. The van der Waals surface area contributed by atoms with Crippen LogP contribution in [0.15, 0.2) is 47.4 Å². The van der Waals surface area contributed by atoms with Crippen molar-refractivity contribution in [2.24, 2.45) is 0 Å². The van der Waals surface area contributed by atoms with Crippen molar-refractivity contribution in [3.63, 3.8) is 0 Å². The zero-order chi connectivity index (χ0) is 17.3. The zero-order valence-corrected chi connectivity index (χ0v) is 12.2. The Bertz CT molecular complexity index is 983. The molecule has 0 bridgehead atoms. The van der Waals surface area contributed by atoms with Crippen LogP contribution in [0.2, 0.25) is 0 Å². The van der Waals surface area contributed by atoms with E-state index in [0.29, 0.717) is 5.56 Å². The number of nitrogens with one attached hydrogen (secondary N) is 1. The predicted octanol–water partition coefficient (Wildman–Crippen LogP) is 1.41. The van der Waals surface area contributed by atoms with Crippen LogP contribution >= 0.6 is 0 Å². The van der Waals surface area contributed by atoms with Crippen molar-refractivity contribution in [2.45, 2.75) is 6.54 Å². The van der Waals surface area contributed by atoms with E-state index in [-0.39, 0.29) is 22.3 Å². The van der Waals surface area contributed by atoms with Crippen LogP contribution in [0.1, 0.15) is 15.9 Å². The molecule has 3 aromatic rings. The standard InChI is InChI=1S/C16H12FN3O4/c17-10-5-3-9(4-6-10)8-19-15(22)12-13(21)11-2-1-7-18-14(11)20(24)16(12)23/h1-7,21,24H,8H2,(H,19,22). The zero-order valence-electron chi connectivity index (χ0n) is 12.2. The molecule has 2 aromatic heterocycles. The second-order valence-corrected chi connectivity index (χ2v) is 5.02. The quantitative estimate of drug-likeness (QED) is 0.630. The Morgan fingerprint density at radius 1 is 1.25 bits per heavy atom. The fourth-order valence-electron chi connectivity index (χ4n) is 2.27. The average molecular weight is 329 g/mol. The molecule has 24 heavy (non-hydrogen) atoms. The van der Waals surface area contributed by atoms with Crippen molar-refractivity contribution in [3.05, 3.63) is 69.9 Å². The van der Waals surface area contributed by atoms with Gasteiger partial charge in [0.05, 0.1) is 5.39 Å². The third-order valence-electron chi connectivity index (χ3n) is 3.48. The minimum absolute atomic E-state index is 0.0223. The summed E-state index contributed by atoms with van der Waals surface area (Å²) in [7, 11) is 0. The Morgan fingerprint density at radius 2 is 1.96 bits per heavy atom. The third kappa shape index (κ3) is 2.65. The molecule has 3 N–H and O–H groups in total. The smallest absolute Gasteiger partial charge is 0.301 e. The van der Waals surface area contributed by atoms with Crippen LogP contribution in [0, 0.1) is 5.82 Å². The summed E-state index contributed by atoms with van der Waals surface area (Å²) in [5, 5.41) is 22.5. The summed E-state index contributed by atoms with van der Waals surface area (Å²) in [5.74, 6) is -1.84. The van der Waals surface area contributed by atoms with E-state index in [1.807, 2.05) is 0 Å². The monoisotopic (exact) mass is 329 g/mol. The largest absolute Gasteiger partial charge is 0.506 e. The summed E-state index contributed by atoms with van der Waals surface area (Å²) < 4.78 is 13.1. The lowest BCUT2D eigenvalue weighted by Crippen LogP contribution is -2.32. The molecule has 0 aliphatic heterocycles. The second-order valence-electron chi connectivity index (χ2n) is 5.02. The van der Waals surface area contributed by atoms with Crippen molar-refractivity contribution in [1.29, 1.82) is 0 Å². The number of pyridine rings is 2. The van der Waals surface area contributed by atoms with Gasteiger partial charge in [-0.25, -0.2) is 9.37 Å². The molecule has 1 amide bonds. The van der Waals surface area contributed by atoms with E-state index < -0.39 is 28.6 Å².